The number of aryl methyl sites for hydroxylation is 2. The number of nitrogens with one attached hydrogen (secondary N) is 2. The van der Waals surface area contributed by atoms with Gasteiger partial charge in [0.2, 0.25) is 5.91 Å². The molecule has 0 saturated carbocycles. The molecule has 0 spiro atoms. The van der Waals surface area contributed by atoms with E-state index in [1.54, 1.807) is 4.68 Å². The SMILES string of the molecule is CC(=O)NC(CC(C)C)C(=O)Nn1c(C)ccc1C. The predicted molar refractivity (Wildman–Crippen MR) is 75.3 cm³/mol. The van der Waals surface area contributed by atoms with Crippen molar-refractivity contribution in [3.63, 3.8) is 0 Å². The van der Waals surface area contributed by atoms with E-state index in [0.717, 1.165) is 11.4 Å². The smallest absolute Gasteiger partial charge is 0.261 e. The van der Waals surface area contributed by atoms with Crippen LogP contribution in [0.5, 0.6) is 0 Å². The molecule has 1 unspecified atom stereocenters. The van der Waals surface area contributed by atoms with E-state index in [-0.39, 0.29) is 11.8 Å². The van der Waals surface area contributed by atoms with Crippen molar-refractivity contribution in [3.05, 3.63) is 23.5 Å². The number of nitrogens with zero attached hydrogens (tertiary/aromatic N) is 1. The van der Waals surface area contributed by atoms with Gasteiger partial charge >= 0.3 is 0 Å². The lowest BCUT2D eigenvalue weighted by Gasteiger charge is -2.21. The molecule has 0 bridgehead atoms. The fraction of sp³-hybridized carbons (Fsp3) is 0.571. The topological polar surface area (TPSA) is 63.1 Å². The third-order valence-corrected chi connectivity index (χ3v) is 2.89. The van der Waals surface area contributed by atoms with Crippen LogP contribution in [0, 0.1) is 19.8 Å². The van der Waals surface area contributed by atoms with E-state index in [4.69, 9.17) is 0 Å². The number of hydrogen-bond donors (Lipinski definition) is 2. The lowest BCUT2D eigenvalue weighted by molar-refractivity contribution is -0.126. The molecule has 0 aliphatic rings. The highest BCUT2D eigenvalue weighted by atomic mass is 16.2. The number of hydrogen-bond acceptors (Lipinski definition) is 2. The Morgan fingerprint density at radius 1 is 1.21 bits per heavy atom. The van der Waals surface area contributed by atoms with Crippen molar-refractivity contribution in [2.75, 3.05) is 5.43 Å². The maximum absolute atomic E-state index is 12.2. The Kier molecular flexibility index (Phi) is 5.15. The molecule has 0 aliphatic heterocycles. The first kappa shape index (κ1) is 15.3. The molecule has 0 saturated heterocycles. The molecule has 2 amide bonds. The monoisotopic (exact) mass is 265 g/mol. The molecule has 19 heavy (non-hydrogen) atoms. The second-order valence-electron chi connectivity index (χ2n) is 5.31. The number of rotatable bonds is 5. The Balaban J connectivity index is 2.79. The first-order chi connectivity index (χ1) is 8.81. The van der Waals surface area contributed by atoms with Gasteiger partial charge in [-0.1, -0.05) is 13.8 Å². The van der Waals surface area contributed by atoms with Gasteiger partial charge in [0.15, 0.2) is 0 Å². The Morgan fingerprint density at radius 2 is 1.74 bits per heavy atom. The van der Waals surface area contributed by atoms with Crippen LogP contribution in [0.25, 0.3) is 0 Å². The van der Waals surface area contributed by atoms with Crippen LogP contribution in [0.3, 0.4) is 0 Å². The van der Waals surface area contributed by atoms with Crippen LogP contribution in [-0.4, -0.2) is 22.5 Å². The van der Waals surface area contributed by atoms with Crippen molar-refractivity contribution < 1.29 is 9.59 Å². The molecule has 0 radical (unpaired) electrons. The molecule has 0 fully saturated rings. The highest BCUT2D eigenvalue weighted by molar-refractivity contribution is 5.92. The van der Waals surface area contributed by atoms with Gasteiger partial charge in [-0.15, -0.1) is 0 Å². The maximum Gasteiger partial charge on any atom is 0.261 e. The molecule has 1 aromatic heterocycles. The molecule has 0 aliphatic carbocycles. The average Bonchev–Trinajstić information content (AvgIpc) is 2.58. The van der Waals surface area contributed by atoms with Gasteiger partial charge in [-0.2, -0.15) is 0 Å². The van der Waals surface area contributed by atoms with Crippen molar-refractivity contribution in [1.29, 1.82) is 0 Å². The van der Waals surface area contributed by atoms with Crippen molar-refractivity contribution >= 4 is 11.8 Å². The quantitative estimate of drug-likeness (QED) is 0.851. The summed E-state index contributed by atoms with van der Waals surface area (Å²) in [4.78, 5) is 23.4. The van der Waals surface area contributed by atoms with Gasteiger partial charge in [0.25, 0.3) is 5.91 Å². The van der Waals surface area contributed by atoms with Crippen LogP contribution in [-0.2, 0) is 9.59 Å². The molecule has 0 aromatic carbocycles. The molecule has 5 heteroatoms. The van der Waals surface area contributed by atoms with E-state index in [0.29, 0.717) is 12.3 Å². The standard InChI is InChI=1S/C14H23N3O2/c1-9(2)8-13(15-12(5)18)14(19)16-17-10(3)6-7-11(17)4/h6-7,9,13H,8H2,1-5H3,(H,15,18)(H,16,19). The van der Waals surface area contributed by atoms with Gasteiger partial charge in [0.05, 0.1) is 0 Å². The summed E-state index contributed by atoms with van der Waals surface area (Å²) in [7, 11) is 0. The molecule has 1 atom stereocenters. The average molecular weight is 265 g/mol. The molecular weight excluding hydrogens is 242 g/mol. The van der Waals surface area contributed by atoms with E-state index in [9.17, 15) is 9.59 Å². The Labute approximate surface area is 114 Å². The van der Waals surface area contributed by atoms with Crippen LogP contribution >= 0.6 is 0 Å². The van der Waals surface area contributed by atoms with Crippen molar-refractivity contribution in [2.24, 2.45) is 5.92 Å². The highest BCUT2D eigenvalue weighted by Crippen LogP contribution is 2.08. The van der Waals surface area contributed by atoms with Crippen LogP contribution in [0.2, 0.25) is 0 Å². The number of carbonyl (C=O) groups is 2. The Hall–Kier alpha value is -1.78. The highest BCUT2D eigenvalue weighted by Gasteiger charge is 2.21. The molecule has 1 aromatic rings. The molecule has 2 N–H and O–H groups in total. The van der Waals surface area contributed by atoms with Crippen LogP contribution in [0.1, 0.15) is 38.6 Å². The first-order valence-corrected chi connectivity index (χ1v) is 6.54. The van der Waals surface area contributed by atoms with Gasteiger partial charge in [-0.05, 0) is 38.3 Å². The molecule has 1 rings (SSSR count). The summed E-state index contributed by atoms with van der Waals surface area (Å²) in [6, 6.07) is 3.37. The summed E-state index contributed by atoms with van der Waals surface area (Å²) < 4.78 is 1.73. The van der Waals surface area contributed by atoms with Crippen molar-refractivity contribution in [2.45, 2.75) is 47.1 Å². The number of amides is 2. The normalized spacial score (nSPS) is 12.3. The Bertz CT molecular complexity index is 444. The van der Waals surface area contributed by atoms with E-state index in [1.165, 1.54) is 6.92 Å². The predicted octanol–water partition coefficient (Wildman–Crippen LogP) is 1.73. The zero-order valence-electron chi connectivity index (χ0n) is 12.3. The van der Waals surface area contributed by atoms with Gasteiger partial charge in [0, 0.05) is 18.3 Å². The van der Waals surface area contributed by atoms with Crippen LogP contribution in [0.4, 0.5) is 0 Å². The lowest BCUT2D eigenvalue weighted by atomic mass is 10.0. The minimum Gasteiger partial charge on any atom is -0.344 e. The van der Waals surface area contributed by atoms with Gasteiger partial charge in [0.1, 0.15) is 6.04 Å². The first-order valence-electron chi connectivity index (χ1n) is 6.54. The molecule has 106 valence electrons. The summed E-state index contributed by atoms with van der Waals surface area (Å²) in [6.45, 7) is 9.31. The lowest BCUT2D eigenvalue weighted by Crippen LogP contribution is -2.46. The fourth-order valence-corrected chi connectivity index (χ4v) is 1.98. The van der Waals surface area contributed by atoms with E-state index in [2.05, 4.69) is 10.7 Å². The van der Waals surface area contributed by atoms with E-state index in [1.807, 2.05) is 39.8 Å². The molecule has 1 heterocycles. The van der Waals surface area contributed by atoms with Gasteiger partial charge < -0.3 is 5.32 Å². The second-order valence-corrected chi connectivity index (χ2v) is 5.31. The van der Waals surface area contributed by atoms with Crippen LogP contribution in [0.15, 0.2) is 12.1 Å². The minimum atomic E-state index is -0.501. The summed E-state index contributed by atoms with van der Waals surface area (Å²) in [5, 5.41) is 2.70. The summed E-state index contributed by atoms with van der Waals surface area (Å²) >= 11 is 0. The third kappa shape index (κ3) is 4.43. The number of aromatic nitrogens is 1. The van der Waals surface area contributed by atoms with Gasteiger partial charge in [-0.3, -0.25) is 19.7 Å². The zero-order chi connectivity index (χ0) is 14.6. The minimum absolute atomic E-state index is 0.189. The zero-order valence-corrected chi connectivity index (χ0v) is 12.3. The van der Waals surface area contributed by atoms with E-state index < -0.39 is 6.04 Å². The Morgan fingerprint density at radius 3 is 2.16 bits per heavy atom. The van der Waals surface area contributed by atoms with Crippen molar-refractivity contribution in [1.82, 2.24) is 9.99 Å². The third-order valence-electron chi connectivity index (χ3n) is 2.89. The van der Waals surface area contributed by atoms with Crippen LogP contribution < -0.4 is 10.7 Å². The summed E-state index contributed by atoms with van der Waals surface area (Å²) in [6.07, 6.45) is 0.616. The van der Waals surface area contributed by atoms with Gasteiger partial charge in [-0.25, -0.2) is 0 Å². The molecular formula is C14H23N3O2. The maximum atomic E-state index is 12.2. The summed E-state index contributed by atoms with van der Waals surface area (Å²) in [5.74, 6) is -0.0532. The largest absolute Gasteiger partial charge is 0.344 e. The summed E-state index contributed by atoms with van der Waals surface area (Å²) in [5.41, 5.74) is 4.74. The van der Waals surface area contributed by atoms with Crippen molar-refractivity contribution in [3.8, 4) is 0 Å². The second kappa shape index (κ2) is 6.41. The molecule has 5 nitrogen and oxygen atoms in total. The fourth-order valence-electron chi connectivity index (χ4n) is 1.98. The number of carbonyl (C=O) groups excluding carboxylic acids is 2. The van der Waals surface area contributed by atoms with E-state index >= 15 is 0 Å².